The zero-order chi connectivity index (χ0) is 8.65. The van der Waals surface area contributed by atoms with Crippen LogP contribution in [0, 0.1) is 17.8 Å². The molecule has 1 saturated carbocycles. The van der Waals surface area contributed by atoms with Crippen LogP contribution in [0.2, 0.25) is 0 Å². The van der Waals surface area contributed by atoms with E-state index in [-0.39, 0.29) is 0 Å². The number of rotatable bonds is 3. The molecular formula is C12H20. The molecule has 0 aromatic heterocycles. The minimum atomic E-state index is 1.02. The van der Waals surface area contributed by atoms with E-state index in [1.165, 1.54) is 38.5 Å². The van der Waals surface area contributed by atoms with E-state index in [1.54, 1.807) is 0 Å². The maximum Gasteiger partial charge on any atom is 0.00887 e. The highest BCUT2D eigenvalue weighted by Gasteiger charge is 2.13. The molecule has 1 aliphatic carbocycles. The van der Waals surface area contributed by atoms with Gasteiger partial charge in [-0.3, -0.25) is 0 Å². The largest absolute Gasteiger partial charge is 0.104 e. The first-order chi connectivity index (χ1) is 5.93. The second kappa shape index (κ2) is 6.12. The molecule has 68 valence electrons. The van der Waals surface area contributed by atoms with E-state index in [1.807, 2.05) is 0 Å². The first-order valence-electron chi connectivity index (χ1n) is 5.39. The van der Waals surface area contributed by atoms with Crippen LogP contribution in [-0.2, 0) is 0 Å². The average Bonchev–Trinajstić information content (AvgIpc) is 2.57. The summed E-state index contributed by atoms with van der Waals surface area (Å²) in [5.41, 5.74) is 0. The van der Waals surface area contributed by atoms with Crippen molar-refractivity contribution < 1.29 is 0 Å². The quantitative estimate of drug-likeness (QED) is 0.440. The molecule has 12 heavy (non-hydrogen) atoms. The summed E-state index contributed by atoms with van der Waals surface area (Å²) in [6, 6.07) is 0. The summed E-state index contributed by atoms with van der Waals surface area (Å²) in [4.78, 5) is 0. The van der Waals surface area contributed by atoms with Gasteiger partial charge in [0.05, 0.1) is 0 Å². The van der Waals surface area contributed by atoms with E-state index in [4.69, 9.17) is 0 Å². The van der Waals surface area contributed by atoms with Gasteiger partial charge in [-0.2, -0.15) is 0 Å². The Kier molecular flexibility index (Phi) is 4.92. The third-order valence-electron chi connectivity index (χ3n) is 2.69. The number of unbranched alkanes of at least 4 members (excludes halogenated alkanes) is 1. The van der Waals surface area contributed by atoms with E-state index >= 15 is 0 Å². The van der Waals surface area contributed by atoms with Gasteiger partial charge in [-0.15, -0.1) is 11.8 Å². The van der Waals surface area contributed by atoms with Crippen LogP contribution in [0.1, 0.15) is 58.3 Å². The van der Waals surface area contributed by atoms with Crippen LogP contribution in [0.3, 0.4) is 0 Å². The van der Waals surface area contributed by atoms with Crippen molar-refractivity contribution in [2.45, 2.75) is 58.3 Å². The lowest BCUT2D eigenvalue weighted by atomic mass is 10.0. The molecule has 0 spiro atoms. The SMILES string of the molecule is CCC#CCCCC1CCCC1. The lowest BCUT2D eigenvalue weighted by molar-refractivity contribution is 0.488. The molecule has 0 amide bonds. The average molecular weight is 164 g/mol. The van der Waals surface area contributed by atoms with E-state index in [0.717, 1.165) is 18.8 Å². The van der Waals surface area contributed by atoms with Crippen LogP contribution in [-0.4, -0.2) is 0 Å². The predicted octanol–water partition coefficient (Wildman–Crippen LogP) is 3.76. The number of hydrogen-bond donors (Lipinski definition) is 0. The van der Waals surface area contributed by atoms with Crippen LogP contribution in [0.25, 0.3) is 0 Å². The fraction of sp³-hybridized carbons (Fsp3) is 0.833. The topological polar surface area (TPSA) is 0 Å². The smallest absolute Gasteiger partial charge is 0.00887 e. The van der Waals surface area contributed by atoms with Crippen LogP contribution in [0.15, 0.2) is 0 Å². The van der Waals surface area contributed by atoms with Gasteiger partial charge in [0.2, 0.25) is 0 Å². The zero-order valence-electron chi connectivity index (χ0n) is 8.23. The molecule has 1 fully saturated rings. The van der Waals surface area contributed by atoms with Gasteiger partial charge in [-0.25, -0.2) is 0 Å². The van der Waals surface area contributed by atoms with Gasteiger partial charge < -0.3 is 0 Å². The van der Waals surface area contributed by atoms with Crippen LogP contribution >= 0.6 is 0 Å². The summed E-state index contributed by atoms with van der Waals surface area (Å²) in [5.74, 6) is 7.38. The number of hydrogen-bond acceptors (Lipinski definition) is 0. The molecule has 1 aliphatic rings. The van der Waals surface area contributed by atoms with E-state index in [9.17, 15) is 0 Å². The van der Waals surface area contributed by atoms with Gasteiger partial charge in [0.25, 0.3) is 0 Å². The summed E-state index contributed by atoms with van der Waals surface area (Å²) < 4.78 is 0. The Balaban J connectivity index is 1.94. The summed E-state index contributed by atoms with van der Waals surface area (Å²) in [6.07, 6.45) is 10.8. The van der Waals surface area contributed by atoms with Gasteiger partial charge in [-0.1, -0.05) is 32.6 Å². The lowest BCUT2D eigenvalue weighted by Gasteiger charge is -2.05. The molecule has 0 aromatic carbocycles. The summed E-state index contributed by atoms with van der Waals surface area (Å²) in [5, 5.41) is 0. The maximum absolute atomic E-state index is 3.21. The Morgan fingerprint density at radius 2 is 1.92 bits per heavy atom. The summed E-state index contributed by atoms with van der Waals surface area (Å²) in [6.45, 7) is 2.12. The molecule has 0 unspecified atom stereocenters. The molecule has 0 aromatic rings. The molecule has 0 aliphatic heterocycles. The van der Waals surface area contributed by atoms with Crippen molar-refractivity contribution in [2.24, 2.45) is 5.92 Å². The van der Waals surface area contributed by atoms with Crippen molar-refractivity contribution in [1.29, 1.82) is 0 Å². The zero-order valence-corrected chi connectivity index (χ0v) is 8.23. The van der Waals surface area contributed by atoms with Crippen molar-refractivity contribution in [3.05, 3.63) is 0 Å². The van der Waals surface area contributed by atoms with Crippen LogP contribution in [0.5, 0.6) is 0 Å². The molecule has 0 saturated heterocycles. The Morgan fingerprint density at radius 1 is 1.17 bits per heavy atom. The molecule has 0 nitrogen and oxygen atoms in total. The standard InChI is InChI=1S/C12H20/c1-2-3-4-5-6-9-12-10-7-8-11-12/h12H,2,5-11H2,1H3. The van der Waals surface area contributed by atoms with Gasteiger partial charge in [0.15, 0.2) is 0 Å². The fourth-order valence-electron chi connectivity index (χ4n) is 1.99. The van der Waals surface area contributed by atoms with Gasteiger partial charge in [0, 0.05) is 12.8 Å². The highest BCUT2D eigenvalue weighted by atomic mass is 14.2. The molecular weight excluding hydrogens is 144 g/mol. The van der Waals surface area contributed by atoms with E-state index in [2.05, 4.69) is 18.8 Å². The van der Waals surface area contributed by atoms with Crippen molar-refractivity contribution in [3.8, 4) is 11.8 Å². The highest BCUT2D eigenvalue weighted by Crippen LogP contribution is 2.28. The normalized spacial score (nSPS) is 17.4. The second-order valence-corrected chi connectivity index (χ2v) is 3.75. The van der Waals surface area contributed by atoms with Crippen molar-refractivity contribution in [2.75, 3.05) is 0 Å². The van der Waals surface area contributed by atoms with Crippen LogP contribution in [0.4, 0.5) is 0 Å². The molecule has 0 atom stereocenters. The van der Waals surface area contributed by atoms with Gasteiger partial charge >= 0.3 is 0 Å². The van der Waals surface area contributed by atoms with E-state index in [0.29, 0.717) is 0 Å². The Labute approximate surface area is 76.7 Å². The minimum absolute atomic E-state index is 1.02. The molecule has 0 heterocycles. The van der Waals surface area contributed by atoms with Crippen molar-refractivity contribution in [1.82, 2.24) is 0 Å². The molecule has 0 heteroatoms. The van der Waals surface area contributed by atoms with E-state index < -0.39 is 0 Å². The van der Waals surface area contributed by atoms with Crippen molar-refractivity contribution in [3.63, 3.8) is 0 Å². The summed E-state index contributed by atoms with van der Waals surface area (Å²) in [7, 11) is 0. The second-order valence-electron chi connectivity index (χ2n) is 3.75. The Morgan fingerprint density at radius 3 is 2.58 bits per heavy atom. The Hall–Kier alpha value is -0.440. The summed E-state index contributed by atoms with van der Waals surface area (Å²) >= 11 is 0. The fourth-order valence-corrected chi connectivity index (χ4v) is 1.99. The first-order valence-corrected chi connectivity index (χ1v) is 5.39. The minimum Gasteiger partial charge on any atom is -0.104 e. The first kappa shape index (κ1) is 9.65. The maximum atomic E-state index is 3.21. The van der Waals surface area contributed by atoms with Gasteiger partial charge in [-0.05, 0) is 18.8 Å². The Bertz CT molecular complexity index is 153. The highest BCUT2D eigenvalue weighted by molar-refractivity contribution is 4.97. The molecule has 0 bridgehead atoms. The third kappa shape index (κ3) is 3.81. The molecule has 0 radical (unpaired) electrons. The van der Waals surface area contributed by atoms with Gasteiger partial charge in [0.1, 0.15) is 0 Å². The van der Waals surface area contributed by atoms with Crippen molar-refractivity contribution >= 4 is 0 Å². The van der Waals surface area contributed by atoms with Crippen LogP contribution < -0.4 is 0 Å². The predicted molar refractivity (Wildman–Crippen MR) is 53.9 cm³/mol. The molecule has 1 rings (SSSR count). The third-order valence-corrected chi connectivity index (χ3v) is 2.69. The lowest BCUT2D eigenvalue weighted by Crippen LogP contribution is -1.91. The molecule has 0 N–H and O–H groups in total. The monoisotopic (exact) mass is 164 g/mol.